The quantitative estimate of drug-likeness (QED) is 0.577. The number of hydrogen-bond donors (Lipinski definition) is 1. The maximum absolute atomic E-state index is 12.2. The van der Waals surface area contributed by atoms with Crippen molar-refractivity contribution in [2.24, 2.45) is 0 Å². The highest BCUT2D eigenvalue weighted by Crippen LogP contribution is 2.18. The van der Waals surface area contributed by atoms with Crippen molar-refractivity contribution >= 4 is 45.4 Å². The van der Waals surface area contributed by atoms with E-state index in [1.165, 1.54) is 0 Å². The van der Waals surface area contributed by atoms with E-state index in [2.05, 4.69) is 25.2 Å². The summed E-state index contributed by atoms with van der Waals surface area (Å²) < 4.78 is 8.03. The molecule has 9 nitrogen and oxygen atoms in total. The second kappa shape index (κ2) is 9.45. The Bertz CT molecular complexity index is 1060. The fourth-order valence-electron chi connectivity index (χ4n) is 3.34. The molecular formula is C21H27N7O2S2. The van der Waals surface area contributed by atoms with Crippen LogP contribution in [0, 0.1) is 0 Å². The number of para-hydroxylation sites is 2. The van der Waals surface area contributed by atoms with Gasteiger partial charge in [-0.1, -0.05) is 41.3 Å². The van der Waals surface area contributed by atoms with Crippen LogP contribution in [0.2, 0.25) is 0 Å². The number of carbonyl (C=O) groups is 1. The monoisotopic (exact) mass is 473 g/mol. The Balaban J connectivity index is 1.23. The number of benzene rings is 1. The highest BCUT2D eigenvalue weighted by atomic mass is 32.2. The fourth-order valence-corrected chi connectivity index (χ4v) is 4.47. The molecule has 4 rings (SSSR count). The molecule has 1 aliphatic heterocycles. The van der Waals surface area contributed by atoms with Crippen molar-refractivity contribution in [2.75, 3.05) is 26.2 Å². The van der Waals surface area contributed by atoms with Crippen molar-refractivity contribution in [2.45, 2.75) is 38.7 Å². The van der Waals surface area contributed by atoms with Crippen LogP contribution in [0.3, 0.4) is 0 Å². The lowest BCUT2D eigenvalue weighted by Gasteiger charge is -2.36. The van der Waals surface area contributed by atoms with Gasteiger partial charge >= 0.3 is 6.09 Å². The first-order valence-electron chi connectivity index (χ1n) is 10.5. The molecule has 3 aromatic rings. The van der Waals surface area contributed by atoms with Crippen molar-refractivity contribution in [3.63, 3.8) is 0 Å². The number of piperazine rings is 1. The van der Waals surface area contributed by atoms with Gasteiger partial charge < -0.3 is 19.5 Å². The smallest absolute Gasteiger partial charge is 0.410 e. The van der Waals surface area contributed by atoms with E-state index in [4.69, 9.17) is 17.0 Å². The molecule has 0 unspecified atom stereocenters. The lowest BCUT2D eigenvalue weighted by molar-refractivity contribution is 0.0189. The van der Waals surface area contributed by atoms with Crippen molar-refractivity contribution < 1.29 is 9.53 Å². The summed E-state index contributed by atoms with van der Waals surface area (Å²) in [5.74, 6) is 1.49. The van der Waals surface area contributed by atoms with Crippen LogP contribution in [-0.2, 0) is 17.0 Å². The Hall–Kier alpha value is -2.66. The number of carbonyl (C=O) groups excluding carboxylic acids is 1. The van der Waals surface area contributed by atoms with Gasteiger partial charge in [0.25, 0.3) is 0 Å². The molecule has 1 aliphatic rings. The third-order valence-corrected chi connectivity index (χ3v) is 6.43. The molecule has 1 aromatic carbocycles. The van der Waals surface area contributed by atoms with Crippen LogP contribution in [0.5, 0.6) is 0 Å². The number of amides is 1. The first-order valence-corrected chi connectivity index (χ1v) is 11.9. The number of nitrogens with zero attached hydrogens (tertiary/aromatic N) is 6. The van der Waals surface area contributed by atoms with Gasteiger partial charge in [0, 0.05) is 38.1 Å². The molecule has 0 atom stereocenters. The molecule has 3 heterocycles. The van der Waals surface area contributed by atoms with E-state index < -0.39 is 5.60 Å². The molecule has 0 bridgehead atoms. The molecule has 0 radical (unpaired) electrons. The van der Waals surface area contributed by atoms with Gasteiger partial charge in [-0.15, -0.1) is 5.10 Å². The Morgan fingerprint density at radius 1 is 1.19 bits per heavy atom. The second-order valence-corrected chi connectivity index (χ2v) is 10.2. The minimum absolute atomic E-state index is 0.267. The number of thiocarbonyl (C=S) groups is 1. The van der Waals surface area contributed by atoms with E-state index in [1.54, 1.807) is 21.3 Å². The molecule has 0 saturated carbocycles. The van der Waals surface area contributed by atoms with Crippen LogP contribution in [0.15, 0.2) is 30.5 Å². The molecule has 1 fully saturated rings. The normalized spacial score (nSPS) is 14.7. The second-order valence-electron chi connectivity index (χ2n) is 8.62. The number of rotatable bonds is 4. The van der Waals surface area contributed by atoms with Crippen LogP contribution < -0.4 is 0 Å². The lowest BCUT2D eigenvalue weighted by Crippen LogP contribution is -2.50. The summed E-state index contributed by atoms with van der Waals surface area (Å²) in [5, 5.41) is 8.46. The molecular weight excluding hydrogens is 446 g/mol. The minimum Gasteiger partial charge on any atom is -0.444 e. The van der Waals surface area contributed by atoms with Crippen molar-refractivity contribution in [1.29, 1.82) is 0 Å². The SMILES string of the molecule is CC(C)(C)OC(=O)N1CCN(C(=S)SCc2cn(Cc3nc4ccccc4[nH]3)nn2)CC1. The van der Waals surface area contributed by atoms with Gasteiger partial charge in [-0.2, -0.15) is 0 Å². The van der Waals surface area contributed by atoms with Gasteiger partial charge in [0.2, 0.25) is 0 Å². The standard InChI is InChI=1S/C21H27N7O2S2/c1-21(2,3)30-19(29)26-8-10-27(11-9-26)20(31)32-14-15-12-28(25-24-15)13-18-22-16-6-4-5-7-17(16)23-18/h4-7,12H,8-11,13-14H2,1-3H3,(H,22,23). The summed E-state index contributed by atoms with van der Waals surface area (Å²) >= 11 is 7.16. The molecule has 170 valence electrons. The zero-order valence-electron chi connectivity index (χ0n) is 18.4. The number of thioether (sulfide) groups is 1. The van der Waals surface area contributed by atoms with Gasteiger partial charge in [-0.3, -0.25) is 0 Å². The van der Waals surface area contributed by atoms with Crippen LogP contribution in [-0.4, -0.2) is 77.0 Å². The number of ether oxygens (including phenoxy) is 1. The topological polar surface area (TPSA) is 92.2 Å². The van der Waals surface area contributed by atoms with E-state index in [-0.39, 0.29) is 6.09 Å². The number of hydrogen-bond acceptors (Lipinski definition) is 7. The molecule has 0 aliphatic carbocycles. The van der Waals surface area contributed by atoms with Crippen LogP contribution in [0.4, 0.5) is 4.79 Å². The summed E-state index contributed by atoms with van der Waals surface area (Å²) in [6, 6.07) is 7.93. The summed E-state index contributed by atoms with van der Waals surface area (Å²) in [4.78, 5) is 23.9. The zero-order chi connectivity index (χ0) is 22.7. The number of aromatic amines is 1. The van der Waals surface area contributed by atoms with Gasteiger partial charge in [-0.05, 0) is 32.9 Å². The average molecular weight is 474 g/mol. The molecule has 1 saturated heterocycles. The van der Waals surface area contributed by atoms with Crippen molar-refractivity contribution in [3.05, 3.63) is 42.0 Å². The number of aromatic nitrogens is 5. The summed E-state index contributed by atoms with van der Waals surface area (Å²) in [6.45, 7) is 8.75. The van der Waals surface area contributed by atoms with Gasteiger partial charge in [0.15, 0.2) is 0 Å². The van der Waals surface area contributed by atoms with E-state index in [0.717, 1.165) is 26.9 Å². The summed E-state index contributed by atoms with van der Waals surface area (Å²) in [6.07, 6.45) is 1.65. The van der Waals surface area contributed by atoms with Crippen LogP contribution in [0.1, 0.15) is 32.3 Å². The Labute approximate surface area is 196 Å². The van der Waals surface area contributed by atoms with E-state index in [0.29, 0.717) is 38.5 Å². The Morgan fingerprint density at radius 3 is 2.62 bits per heavy atom. The first kappa shape index (κ1) is 22.5. The molecule has 2 aromatic heterocycles. The highest BCUT2D eigenvalue weighted by molar-refractivity contribution is 8.22. The number of fused-ring (bicyclic) bond motifs is 1. The van der Waals surface area contributed by atoms with Gasteiger partial charge in [-0.25, -0.2) is 14.5 Å². The van der Waals surface area contributed by atoms with Crippen LogP contribution in [0.25, 0.3) is 11.0 Å². The number of imidazole rings is 1. The predicted octanol–water partition coefficient (Wildman–Crippen LogP) is 3.27. The van der Waals surface area contributed by atoms with Gasteiger partial charge in [0.1, 0.15) is 22.3 Å². The van der Waals surface area contributed by atoms with Crippen molar-refractivity contribution in [1.82, 2.24) is 34.8 Å². The van der Waals surface area contributed by atoms with Crippen molar-refractivity contribution in [3.8, 4) is 0 Å². The maximum atomic E-state index is 12.2. The maximum Gasteiger partial charge on any atom is 0.410 e. The van der Waals surface area contributed by atoms with E-state index in [9.17, 15) is 4.79 Å². The third-order valence-electron chi connectivity index (χ3n) is 4.87. The molecule has 11 heteroatoms. The van der Waals surface area contributed by atoms with E-state index in [1.807, 2.05) is 51.2 Å². The van der Waals surface area contributed by atoms with Crippen LogP contribution >= 0.6 is 24.0 Å². The third kappa shape index (κ3) is 5.77. The predicted molar refractivity (Wildman–Crippen MR) is 128 cm³/mol. The van der Waals surface area contributed by atoms with Gasteiger partial charge in [0.05, 0.1) is 16.7 Å². The number of H-pyrrole nitrogens is 1. The first-order chi connectivity index (χ1) is 15.3. The average Bonchev–Trinajstić information content (AvgIpc) is 3.37. The summed E-state index contributed by atoms with van der Waals surface area (Å²) in [5.41, 5.74) is 2.33. The highest BCUT2D eigenvalue weighted by Gasteiger charge is 2.26. The summed E-state index contributed by atoms with van der Waals surface area (Å²) in [7, 11) is 0. The zero-order valence-corrected chi connectivity index (χ0v) is 20.1. The number of nitrogens with one attached hydrogen (secondary N) is 1. The molecule has 32 heavy (non-hydrogen) atoms. The largest absolute Gasteiger partial charge is 0.444 e. The molecule has 0 spiro atoms. The Morgan fingerprint density at radius 2 is 1.91 bits per heavy atom. The minimum atomic E-state index is -0.485. The Kier molecular flexibility index (Phi) is 6.66. The lowest BCUT2D eigenvalue weighted by atomic mass is 10.2. The fraction of sp³-hybridized carbons (Fsp3) is 0.476. The van der Waals surface area contributed by atoms with E-state index >= 15 is 0 Å². The molecule has 1 amide bonds. The molecule has 1 N–H and O–H groups in total.